The predicted molar refractivity (Wildman–Crippen MR) is 46.5 cm³/mol. The number of nitrogens with zero attached hydrogens (tertiary/aromatic N) is 1. The van der Waals surface area contributed by atoms with Crippen molar-refractivity contribution in [2.45, 2.75) is 6.92 Å². The molecule has 1 aliphatic rings. The summed E-state index contributed by atoms with van der Waals surface area (Å²) >= 11 is 0. The number of rotatable bonds is 0. The fourth-order valence-corrected chi connectivity index (χ4v) is 1.24. The lowest BCUT2D eigenvalue weighted by atomic mass is 10.1. The topological polar surface area (TPSA) is 41.5 Å². The minimum atomic E-state index is -0.293. The molecule has 3 heteroatoms. The maximum atomic E-state index is 10.9. The highest BCUT2D eigenvalue weighted by Gasteiger charge is 2.12. The van der Waals surface area contributed by atoms with E-state index in [1.807, 2.05) is 13.0 Å². The van der Waals surface area contributed by atoms with Gasteiger partial charge in [-0.25, -0.2) is 4.79 Å². The van der Waals surface area contributed by atoms with E-state index in [1.165, 1.54) is 0 Å². The van der Waals surface area contributed by atoms with E-state index in [0.717, 1.165) is 16.5 Å². The van der Waals surface area contributed by atoms with Gasteiger partial charge in [0.15, 0.2) is 0 Å². The molecule has 3 nitrogen and oxygen atoms in total. The van der Waals surface area contributed by atoms with Gasteiger partial charge in [0.2, 0.25) is 0 Å². The SMILES string of the molecule is C=c1ccc2c(c1C)NC(=O)N=2. The largest absolute Gasteiger partial charge is 0.346 e. The van der Waals surface area contributed by atoms with Crippen LogP contribution in [0.3, 0.4) is 0 Å². The summed E-state index contributed by atoms with van der Waals surface area (Å²) in [7, 11) is 0. The molecule has 1 aromatic rings. The van der Waals surface area contributed by atoms with Crippen molar-refractivity contribution in [3.05, 3.63) is 28.3 Å². The van der Waals surface area contributed by atoms with Crippen LogP contribution in [0.2, 0.25) is 0 Å². The highest BCUT2D eigenvalue weighted by atomic mass is 16.2. The van der Waals surface area contributed by atoms with Gasteiger partial charge in [-0.3, -0.25) is 0 Å². The van der Waals surface area contributed by atoms with Crippen LogP contribution < -0.4 is 15.9 Å². The lowest BCUT2D eigenvalue weighted by Crippen LogP contribution is -2.13. The lowest BCUT2D eigenvalue weighted by molar-refractivity contribution is 0.260. The molecular weight excluding hydrogens is 152 g/mol. The highest BCUT2D eigenvalue weighted by Crippen LogP contribution is 2.07. The predicted octanol–water partition coefficient (Wildman–Crippen LogP) is 0.570. The molecule has 0 aromatic heterocycles. The molecular formula is C9H8N2O. The van der Waals surface area contributed by atoms with Crippen LogP contribution in [0.1, 0.15) is 5.56 Å². The van der Waals surface area contributed by atoms with Crippen molar-refractivity contribution in [1.82, 2.24) is 0 Å². The maximum Gasteiger partial charge on any atom is 0.346 e. The quantitative estimate of drug-likeness (QED) is 0.592. The van der Waals surface area contributed by atoms with Gasteiger partial charge in [0.1, 0.15) is 0 Å². The average molecular weight is 160 g/mol. The molecule has 1 N–H and O–H groups in total. The Kier molecular flexibility index (Phi) is 1.27. The second-order valence-corrected chi connectivity index (χ2v) is 2.79. The molecule has 0 radical (unpaired) electrons. The van der Waals surface area contributed by atoms with Gasteiger partial charge in [0, 0.05) is 0 Å². The van der Waals surface area contributed by atoms with Crippen LogP contribution in [0, 0.1) is 6.92 Å². The van der Waals surface area contributed by atoms with Gasteiger partial charge in [-0.2, -0.15) is 4.99 Å². The van der Waals surface area contributed by atoms with Gasteiger partial charge in [-0.15, -0.1) is 0 Å². The van der Waals surface area contributed by atoms with E-state index in [9.17, 15) is 4.79 Å². The fraction of sp³-hybridized carbons (Fsp3) is 0.111. The van der Waals surface area contributed by atoms with Crippen LogP contribution in [0.15, 0.2) is 17.1 Å². The number of carbonyl (C=O) groups is 1. The Bertz CT molecular complexity index is 462. The Labute approximate surface area is 69.4 Å². The zero-order valence-electron chi connectivity index (χ0n) is 6.72. The number of benzene rings is 1. The first-order valence-electron chi connectivity index (χ1n) is 3.67. The number of carbonyl (C=O) groups excluding carboxylic acids is 1. The number of hydrogen-bond donors (Lipinski definition) is 1. The molecule has 2 rings (SSSR count). The molecule has 12 heavy (non-hydrogen) atoms. The van der Waals surface area contributed by atoms with Crippen LogP contribution in [0.25, 0.3) is 6.58 Å². The molecule has 0 saturated carbocycles. The van der Waals surface area contributed by atoms with E-state index >= 15 is 0 Å². The van der Waals surface area contributed by atoms with E-state index in [2.05, 4.69) is 16.9 Å². The molecule has 0 bridgehead atoms. The molecule has 60 valence electrons. The van der Waals surface area contributed by atoms with Crippen LogP contribution in [0.4, 0.5) is 10.5 Å². The van der Waals surface area contributed by atoms with Gasteiger partial charge in [0.25, 0.3) is 0 Å². The van der Waals surface area contributed by atoms with E-state index in [-0.39, 0.29) is 6.03 Å². The van der Waals surface area contributed by atoms with Crippen molar-refractivity contribution in [2.75, 3.05) is 5.32 Å². The van der Waals surface area contributed by atoms with E-state index in [1.54, 1.807) is 6.07 Å². The number of urea groups is 1. The van der Waals surface area contributed by atoms with Crippen molar-refractivity contribution in [2.24, 2.45) is 4.99 Å². The minimum absolute atomic E-state index is 0.293. The van der Waals surface area contributed by atoms with E-state index in [0.29, 0.717) is 5.36 Å². The van der Waals surface area contributed by atoms with Gasteiger partial charge in [-0.1, -0.05) is 12.6 Å². The van der Waals surface area contributed by atoms with Crippen LogP contribution in [-0.4, -0.2) is 6.03 Å². The molecule has 0 aliphatic carbocycles. The lowest BCUT2D eigenvalue weighted by Gasteiger charge is -1.99. The smallest absolute Gasteiger partial charge is 0.304 e. The fourth-order valence-electron chi connectivity index (χ4n) is 1.24. The summed E-state index contributed by atoms with van der Waals surface area (Å²) in [5, 5.41) is 4.30. The second-order valence-electron chi connectivity index (χ2n) is 2.79. The van der Waals surface area contributed by atoms with E-state index < -0.39 is 0 Å². The van der Waals surface area contributed by atoms with Crippen LogP contribution in [0.5, 0.6) is 0 Å². The normalized spacial score (nSPS) is 13.6. The summed E-state index contributed by atoms with van der Waals surface area (Å²) in [6.45, 7) is 5.75. The average Bonchev–Trinajstić information content (AvgIpc) is 2.39. The number of anilines is 1. The molecule has 0 fully saturated rings. The summed E-state index contributed by atoms with van der Waals surface area (Å²) in [6, 6.07) is 3.36. The van der Waals surface area contributed by atoms with Crippen LogP contribution >= 0.6 is 0 Å². The molecule has 0 atom stereocenters. The van der Waals surface area contributed by atoms with Crippen molar-refractivity contribution in [3.63, 3.8) is 0 Å². The molecule has 2 amide bonds. The monoisotopic (exact) mass is 160 g/mol. The summed E-state index contributed by atoms with van der Waals surface area (Å²) in [5.41, 5.74) is 1.79. The Morgan fingerprint density at radius 3 is 3.00 bits per heavy atom. The zero-order valence-corrected chi connectivity index (χ0v) is 6.72. The summed E-state index contributed by atoms with van der Waals surface area (Å²) < 4.78 is 0. The zero-order chi connectivity index (χ0) is 8.72. The third-order valence-electron chi connectivity index (χ3n) is 2.01. The molecule has 0 unspecified atom stereocenters. The highest BCUT2D eigenvalue weighted by molar-refractivity contribution is 5.94. The Hall–Kier alpha value is -1.64. The van der Waals surface area contributed by atoms with Crippen molar-refractivity contribution in [1.29, 1.82) is 0 Å². The van der Waals surface area contributed by atoms with Crippen LogP contribution in [-0.2, 0) is 0 Å². The van der Waals surface area contributed by atoms with Crippen molar-refractivity contribution in [3.8, 4) is 0 Å². The summed E-state index contributed by atoms with van der Waals surface area (Å²) in [5.74, 6) is 0. The minimum Gasteiger partial charge on any atom is -0.304 e. The maximum absolute atomic E-state index is 10.9. The van der Waals surface area contributed by atoms with Gasteiger partial charge in [-0.05, 0) is 23.8 Å². The Morgan fingerprint density at radius 1 is 1.50 bits per heavy atom. The molecule has 1 aromatic carbocycles. The third-order valence-corrected chi connectivity index (χ3v) is 2.01. The number of hydrogen-bond acceptors (Lipinski definition) is 1. The second kappa shape index (κ2) is 2.17. The molecule has 0 spiro atoms. The first kappa shape index (κ1) is 7.03. The van der Waals surface area contributed by atoms with Gasteiger partial charge >= 0.3 is 6.03 Å². The molecule has 0 saturated heterocycles. The molecule has 1 aliphatic heterocycles. The first-order valence-corrected chi connectivity index (χ1v) is 3.67. The summed E-state index contributed by atoms with van der Waals surface area (Å²) in [4.78, 5) is 14.6. The number of amides is 2. The first-order chi connectivity index (χ1) is 5.68. The number of nitrogens with one attached hydrogen (secondary N) is 1. The van der Waals surface area contributed by atoms with Crippen molar-refractivity contribution < 1.29 is 4.79 Å². The molecule has 1 heterocycles. The standard InChI is InChI=1S/C9H8N2O/c1-5-3-4-7-8(6(5)2)11-9(12)10-7/h3-4H,1H2,2H3,(H,11,12). The number of fused-ring (bicyclic) bond motifs is 1. The summed E-state index contributed by atoms with van der Waals surface area (Å²) in [6.07, 6.45) is 0. The van der Waals surface area contributed by atoms with Gasteiger partial charge < -0.3 is 5.32 Å². The van der Waals surface area contributed by atoms with Gasteiger partial charge in [0.05, 0.1) is 11.0 Å². The van der Waals surface area contributed by atoms with E-state index in [4.69, 9.17) is 0 Å². The Balaban J connectivity index is 2.84. The van der Waals surface area contributed by atoms with Crippen molar-refractivity contribution >= 4 is 18.3 Å². The third kappa shape index (κ3) is 0.830. The Morgan fingerprint density at radius 2 is 2.25 bits per heavy atom.